The van der Waals surface area contributed by atoms with Crippen LogP contribution in [0.25, 0.3) is 0 Å². The first-order chi connectivity index (χ1) is 13.2. The van der Waals surface area contributed by atoms with Crippen LogP contribution < -0.4 is 10.0 Å². The number of sulfonamides is 1. The van der Waals surface area contributed by atoms with Gasteiger partial charge in [-0.15, -0.1) is 0 Å². The average Bonchev–Trinajstić information content (AvgIpc) is 2.66. The van der Waals surface area contributed by atoms with Crippen molar-refractivity contribution in [1.82, 2.24) is 10.0 Å². The molecule has 1 aliphatic heterocycles. The molecule has 2 aromatic carbocycles. The molecule has 4 nitrogen and oxygen atoms in total. The molecule has 0 amide bonds. The molecule has 1 aliphatic rings. The highest BCUT2D eigenvalue weighted by Gasteiger charge is 2.35. The van der Waals surface area contributed by atoms with Gasteiger partial charge in [-0.1, -0.05) is 62.7 Å². The lowest BCUT2D eigenvalue weighted by Crippen LogP contribution is -2.41. The van der Waals surface area contributed by atoms with Crippen LogP contribution in [0.15, 0.2) is 42.5 Å². The zero-order valence-electron chi connectivity index (χ0n) is 16.8. The van der Waals surface area contributed by atoms with E-state index in [9.17, 15) is 8.42 Å². The molecule has 1 heterocycles. The van der Waals surface area contributed by atoms with Gasteiger partial charge in [-0.25, -0.2) is 13.1 Å². The third kappa shape index (κ3) is 4.77. The maximum absolute atomic E-state index is 12.0. The summed E-state index contributed by atoms with van der Waals surface area (Å²) in [5.41, 5.74) is 4.64. The van der Waals surface area contributed by atoms with E-state index in [1.165, 1.54) is 16.7 Å². The largest absolute Gasteiger partial charge is 0.309 e. The SMILES string of the molecule is CCCS(=O)(=O)NCc1ccc2c(c1)C(C(C)(C)c1ccc(Cl)cc1)NCC2. The van der Waals surface area contributed by atoms with Gasteiger partial charge in [0.2, 0.25) is 10.0 Å². The highest BCUT2D eigenvalue weighted by Crippen LogP contribution is 2.40. The van der Waals surface area contributed by atoms with Crippen molar-refractivity contribution in [2.24, 2.45) is 0 Å². The molecule has 1 unspecified atom stereocenters. The van der Waals surface area contributed by atoms with Gasteiger partial charge in [-0.3, -0.25) is 0 Å². The van der Waals surface area contributed by atoms with Crippen LogP contribution in [0, 0.1) is 0 Å². The fraction of sp³-hybridized carbons (Fsp3) is 0.455. The molecule has 152 valence electrons. The quantitative estimate of drug-likeness (QED) is 0.700. The van der Waals surface area contributed by atoms with E-state index in [0.29, 0.717) is 13.0 Å². The third-order valence-electron chi connectivity index (χ3n) is 5.54. The molecule has 0 saturated heterocycles. The Kier molecular flexibility index (Phi) is 6.50. The van der Waals surface area contributed by atoms with Gasteiger partial charge in [0, 0.05) is 23.0 Å². The summed E-state index contributed by atoms with van der Waals surface area (Å²) in [5.74, 6) is 0.158. The molecular weight excluding hydrogens is 392 g/mol. The molecule has 0 fully saturated rings. The molecule has 6 heteroatoms. The maximum Gasteiger partial charge on any atom is 0.211 e. The lowest BCUT2D eigenvalue weighted by atomic mass is 9.72. The van der Waals surface area contributed by atoms with Crippen LogP contribution in [-0.4, -0.2) is 20.7 Å². The summed E-state index contributed by atoms with van der Waals surface area (Å²) in [6.45, 7) is 7.59. The Morgan fingerprint density at radius 3 is 2.57 bits per heavy atom. The van der Waals surface area contributed by atoms with Gasteiger partial charge < -0.3 is 5.32 Å². The molecule has 0 aliphatic carbocycles. The molecule has 2 N–H and O–H groups in total. The van der Waals surface area contributed by atoms with Crippen molar-refractivity contribution in [3.05, 3.63) is 69.7 Å². The zero-order chi connectivity index (χ0) is 20.4. The standard InChI is InChI=1S/C22H29ClN2O2S/c1-4-13-28(26,27)25-15-16-5-6-17-11-12-24-21(20(17)14-16)22(2,3)18-7-9-19(23)10-8-18/h5-10,14,21,24-25H,4,11-13,15H2,1-3H3. The Hall–Kier alpha value is -1.40. The Morgan fingerprint density at radius 1 is 1.18 bits per heavy atom. The predicted molar refractivity (Wildman–Crippen MR) is 116 cm³/mol. The molecule has 0 bridgehead atoms. The molecule has 2 aromatic rings. The normalized spacial score (nSPS) is 17.4. The maximum atomic E-state index is 12.0. The van der Waals surface area contributed by atoms with Crippen molar-refractivity contribution in [3.8, 4) is 0 Å². The summed E-state index contributed by atoms with van der Waals surface area (Å²) in [4.78, 5) is 0. The summed E-state index contributed by atoms with van der Waals surface area (Å²) in [6.07, 6.45) is 1.59. The number of hydrogen-bond acceptors (Lipinski definition) is 3. The van der Waals surface area contributed by atoms with Crippen LogP contribution >= 0.6 is 11.6 Å². The Morgan fingerprint density at radius 2 is 1.89 bits per heavy atom. The van der Waals surface area contributed by atoms with E-state index in [1.807, 2.05) is 25.1 Å². The smallest absolute Gasteiger partial charge is 0.211 e. The second-order valence-electron chi connectivity index (χ2n) is 8.04. The lowest BCUT2D eigenvalue weighted by Gasteiger charge is -2.40. The number of hydrogen-bond donors (Lipinski definition) is 2. The van der Waals surface area contributed by atoms with E-state index < -0.39 is 10.0 Å². The highest BCUT2D eigenvalue weighted by molar-refractivity contribution is 7.89. The first-order valence-electron chi connectivity index (χ1n) is 9.81. The summed E-state index contributed by atoms with van der Waals surface area (Å²) < 4.78 is 26.7. The predicted octanol–water partition coefficient (Wildman–Crippen LogP) is 4.33. The van der Waals surface area contributed by atoms with E-state index in [0.717, 1.165) is 23.6 Å². The highest BCUT2D eigenvalue weighted by atomic mass is 35.5. The first-order valence-corrected chi connectivity index (χ1v) is 11.8. The topological polar surface area (TPSA) is 58.2 Å². The second kappa shape index (κ2) is 8.54. The molecule has 0 spiro atoms. The van der Waals surface area contributed by atoms with Crippen LogP contribution in [0.1, 0.15) is 55.5 Å². The molecule has 0 radical (unpaired) electrons. The van der Waals surface area contributed by atoms with E-state index in [-0.39, 0.29) is 17.2 Å². The fourth-order valence-corrected chi connectivity index (χ4v) is 5.13. The lowest BCUT2D eigenvalue weighted by molar-refractivity contribution is 0.335. The van der Waals surface area contributed by atoms with E-state index in [1.54, 1.807) is 0 Å². The van der Waals surface area contributed by atoms with Crippen molar-refractivity contribution in [2.75, 3.05) is 12.3 Å². The van der Waals surface area contributed by atoms with Crippen LogP contribution in [0.4, 0.5) is 0 Å². The van der Waals surface area contributed by atoms with Crippen molar-refractivity contribution in [2.45, 2.75) is 51.6 Å². The van der Waals surface area contributed by atoms with Crippen LogP contribution in [0.5, 0.6) is 0 Å². The van der Waals surface area contributed by atoms with Crippen LogP contribution in [0.2, 0.25) is 5.02 Å². The van der Waals surface area contributed by atoms with Crippen molar-refractivity contribution in [1.29, 1.82) is 0 Å². The monoisotopic (exact) mass is 420 g/mol. The van der Waals surface area contributed by atoms with Crippen molar-refractivity contribution < 1.29 is 8.42 Å². The number of benzene rings is 2. The van der Waals surface area contributed by atoms with Crippen LogP contribution in [-0.2, 0) is 28.4 Å². The first kappa shape index (κ1) is 21.3. The number of halogens is 1. The second-order valence-corrected chi connectivity index (χ2v) is 10.4. The third-order valence-corrected chi connectivity index (χ3v) is 7.32. The number of fused-ring (bicyclic) bond motifs is 1. The number of nitrogens with one attached hydrogen (secondary N) is 2. The Bertz CT molecular complexity index is 924. The van der Waals surface area contributed by atoms with E-state index in [4.69, 9.17) is 11.6 Å². The molecule has 28 heavy (non-hydrogen) atoms. The minimum atomic E-state index is -3.22. The van der Waals surface area contributed by atoms with Crippen LogP contribution in [0.3, 0.4) is 0 Å². The van der Waals surface area contributed by atoms with Gasteiger partial charge >= 0.3 is 0 Å². The molecule has 1 atom stereocenters. The van der Waals surface area contributed by atoms with Gasteiger partial charge in [-0.2, -0.15) is 0 Å². The Balaban J connectivity index is 1.88. The van der Waals surface area contributed by atoms with E-state index in [2.05, 4.69) is 48.2 Å². The average molecular weight is 421 g/mol. The summed E-state index contributed by atoms with van der Waals surface area (Å²) in [6, 6.07) is 14.5. The molecule has 0 saturated carbocycles. The fourth-order valence-electron chi connectivity index (χ4n) is 3.94. The zero-order valence-corrected chi connectivity index (χ0v) is 18.3. The minimum Gasteiger partial charge on any atom is -0.309 e. The molecule has 3 rings (SSSR count). The van der Waals surface area contributed by atoms with Gasteiger partial charge in [-0.05, 0) is 53.8 Å². The Labute approximate surface area is 173 Å². The summed E-state index contributed by atoms with van der Waals surface area (Å²) >= 11 is 6.07. The molecule has 0 aromatic heterocycles. The van der Waals surface area contributed by atoms with Gasteiger partial charge in [0.25, 0.3) is 0 Å². The van der Waals surface area contributed by atoms with Gasteiger partial charge in [0.1, 0.15) is 0 Å². The summed E-state index contributed by atoms with van der Waals surface area (Å²) in [7, 11) is -3.22. The summed E-state index contributed by atoms with van der Waals surface area (Å²) in [5, 5.41) is 4.41. The molecular formula is C22H29ClN2O2S. The van der Waals surface area contributed by atoms with Gasteiger partial charge in [0.05, 0.1) is 5.75 Å². The number of rotatable bonds is 7. The van der Waals surface area contributed by atoms with E-state index >= 15 is 0 Å². The van der Waals surface area contributed by atoms with Crippen molar-refractivity contribution in [3.63, 3.8) is 0 Å². The minimum absolute atomic E-state index is 0.139. The van der Waals surface area contributed by atoms with Gasteiger partial charge in [0.15, 0.2) is 0 Å². The van der Waals surface area contributed by atoms with Crippen molar-refractivity contribution >= 4 is 21.6 Å².